The fraction of sp³-hybridized carbons (Fsp3) is 0.435. The Kier molecular flexibility index (Phi) is 5.81. The SMILES string of the molecule is CC(c1ccccc1)N(CC1CCOC1)C(=O)CCc1ccc2c(c1)OCO2. The van der Waals surface area contributed by atoms with E-state index in [9.17, 15) is 4.79 Å². The van der Waals surface area contributed by atoms with Gasteiger partial charge in [0.05, 0.1) is 12.6 Å². The molecule has 2 aliphatic rings. The number of rotatable bonds is 7. The summed E-state index contributed by atoms with van der Waals surface area (Å²) in [7, 11) is 0. The van der Waals surface area contributed by atoms with Crippen LogP contribution in [0.5, 0.6) is 11.5 Å². The van der Waals surface area contributed by atoms with E-state index in [-0.39, 0.29) is 18.7 Å². The molecule has 2 aromatic rings. The Bertz CT molecular complexity index is 802. The van der Waals surface area contributed by atoms with Gasteiger partial charge in [-0.15, -0.1) is 0 Å². The number of hydrogen-bond donors (Lipinski definition) is 0. The fourth-order valence-electron chi connectivity index (χ4n) is 3.88. The first-order chi connectivity index (χ1) is 13.7. The summed E-state index contributed by atoms with van der Waals surface area (Å²) in [4.78, 5) is 15.2. The van der Waals surface area contributed by atoms with E-state index in [1.165, 1.54) is 0 Å². The van der Waals surface area contributed by atoms with Gasteiger partial charge in [-0.05, 0) is 43.0 Å². The highest BCUT2D eigenvalue weighted by Crippen LogP contribution is 2.33. The van der Waals surface area contributed by atoms with Gasteiger partial charge in [-0.3, -0.25) is 4.79 Å². The Morgan fingerprint density at radius 3 is 2.75 bits per heavy atom. The van der Waals surface area contributed by atoms with Crippen molar-refractivity contribution < 1.29 is 19.0 Å². The van der Waals surface area contributed by atoms with E-state index in [0.717, 1.165) is 48.8 Å². The number of aryl methyl sites for hydroxylation is 1. The summed E-state index contributed by atoms with van der Waals surface area (Å²) in [5.41, 5.74) is 2.26. The lowest BCUT2D eigenvalue weighted by atomic mass is 10.0. The van der Waals surface area contributed by atoms with Gasteiger partial charge in [-0.2, -0.15) is 0 Å². The van der Waals surface area contributed by atoms with Crippen LogP contribution in [0.25, 0.3) is 0 Å². The molecule has 0 aromatic heterocycles. The second-order valence-electron chi connectivity index (χ2n) is 7.55. The third-order valence-electron chi connectivity index (χ3n) is 5.61. The van der Waals surface area contributed by atoms with Gasteiger partial charge < -0.3 is 19.1 Å². The summed E-state index contributed by atoms with van der Waals surface area (Å²) in [5.74, 6) is 2.14. The molecule has 1 saturated heterocycles. The summed E-state index contributed by atoms with van der Waals surface area (Å²) in [6.45, 7) is 4.67. The maximum atomic E-state index is 13.2. The van der Waals surface area contributed by atoms with Crippen molar-refractivity contribution in [3.05, 3.63) is 59.7 Å². The summed E-state index contributed by atoms with van der Waals surface area (Å²) in [6.07, 6.45) is 2.19. The number of amides is 1. The van der Waals surface area contributed by atoms with Crippen LogP contribution in [0.3, 0.4) is 0 Å². The number of ether oxygens (including phenoxy) is 3. The van der Waals surface area contributed by atoms with Gasteiger partial charge in [0.1, 0.15) is 0 Å². The molecular formula is C23H27NO4. The van der Waals surface area contributed by atoms with Crippen molar-refractivity contribution in [2.45, 2.75) is 32.2 Å². The van der Waals surface area contributed by atoms with Gasteiger partial charge in [-0.1, -0.05) is 36.4 Å². The van der Waals surface area contributed by atoms with E-state index in [4.69, 9.17) is 14.2 Å². The van der Waals surface area contributed by atoms with Crippen molar-refractivity contribution in [2.24, 2.45) is 5.92 Å². The van der Waals surface area contributed by atoms with Crippen LogP contribution in [0.2, 0.25) is 0 Å². The van der Waals surface area contributed by atoms with Crippen molar-refractivity contribution >= 4 is 5.91 Å². The van der Waals surface area contributed by atoms with Crippen molar-refractivity contribution in [1.29, 1.82) is 0 Å². The lowest BCUT2D eigenvalue weighted by Crippen LogP contribution is -2.37. The number of benzene rings is 2. The van der Waals surface area contributed by atoms with E-state index in [1.54, 1.807) is 0 Å². The number of nitrogens with zero attached hydrogens (tertiary/aromatic N) is 1. The van der Waals surface area contributed by atoms with Crippen LogP contribution in [0.15, 0.2) is 48.5 Å². The van der Waals surface area contributed by atoms with Crippen molar-refractivity contribution in [1.82, 2.24) is 4.90 Å². The largest absolute Gasteiger partial charge is 0.454 e. The molecule has 2 aromatic carbocycles. The summed E-state index contributed by atoms with van der Waals surface area (Å²) < 4.78 is 16.3. The second-order valence-corrected chi connectivity index (χ2v) is 7.55. The average molecular weight is 381 g/mol. The highest BCUT2D eigenvalue weighted by atomic mass is 16.7. The molecule has 0 aliphatic carbocycles. The Morgan fingerprint density at radius 2 is 1.96 bits per heavy atom. The molecule has 0 spiro atoms. The van der Waals surface area contributed by atoms with E-state index in [0.29, 0.717) is 18.8 Å². The minimum absolute atomic E-state index is 0.0473. The number of carbonyl (C=O) groups excluding carboxylic acids is 1. The Balaban J connectivity index is 1.44. The van der Waals surface area contributed by atoms with Gasteiger partial charge in [0.25, 0.3) is 0 Å². The zero-order valence-electron chi connectivity index (χ0n) is 16.3. The standard InChI is InChI=1S/C23H27NO4/c1-17(20-5-3-2-4-6-20)24(14-19-11-12-26-15-19)23(25)10-8-18-7-9-21-22(13-18)28-16-27-21/h2-7,9,13,17,19H,8,10-12,14-16H2,1H3. The zero-order chi connectivity index (χ0) is 19.3. The van der Waals surface area contributed by atoms with Gasteiger partial charge in [0.2, 0.25) is 12.7 Å². The molecule has 0 radical (unpaired) electrons. The van der Waals surface area contributed by atoms with E-state index < -0.39 is 0 Å². The minimum Gasteiger partial charge on any atom is -0.454 e. The van der Waals surface area contributed by atoms with Crippen LogP contribution in [0.1, 0.15) is 36.9 Å². The quantitative estimate of drug-likeness (QED) is 0.728. The maximum Gasteiger partial charge on any atom is 0.231 e. The van der Waals surface area contributed by atoms with Gasteiger partial charge in [0, 0.05) is 25.5 Å². The maximum absolute atomic E-state index is 13.2. The molecule has 5 heteroatoms. The number of fused-ring (bicyclic) bond motifs is 1. The molecule has 5 nitrogen and oxygen atoms in total. The summed E-state index contributed by atoms with van der Waals surface area (Å²) in [6, 6.07) is 16.2. The molecular weight excluding hydrogens is 354 g/mol. The molecule has 2 aliphatic heterocycles. The third kappa shape index (κ3) is 4.30. The number of carbonyl (C=O) groups is 1. The molecule has 2 atom stereocenters. The van der Waals surface area contributed by atoms with Crippen LogP contribution in [0.4, 0.5) is 0 Å². The van der Waals surface area contributed by atoms with Crippen LogP contribution in [0, 0.1) is 5.92 Å². The normalized spacial score (nSPS) is 18.8. The first kappa shape index (κ1) is 18.8. The molecule has 148 valence electrons. The second kappa shape index (κ2) is 8.65. The molecule has 2 unspecified atom stereocenters. The Morgan fingerprint density at radius 1 is 1.14 bits per heavy atom. The van der Waals surface area contributed by atoms with Crippen molar-refractivity contribution in [2.75, 3.05) is 26.6 Å². The molecule has 1 amide bonds. The third-order valence-corrected chi connectivity index (χ3v) is 5.61. The predicted octanol–water partition coefficient (Wildman–Crippen LogP) is 3.97. The molecule has 0 N–H and O–H groups in total. The van der Waals surface area contributed by atoms with E-state index in [2.05, 4.69) is 19.1 Å². The fourth-order valence-corrected chi connectivity index (χ4v) is 3.88. The zero-order valence-corrected chi connectivity index (χ0v) is 16.3. The van der Waals surface area contributed by atoms with Crippen LogP contribution >= 0.6 is 0 Å². The smallest absolute Gasteiger partial charge is 0.231 e. The summed E-state index contributed by atoms with van der Waals surface area (Å²) >= 11 is 0. The summed E-state index contributed by atoms with van der Waals surface area (Å²) in [5, 5.41) is 0. The lowest BCUT2D eigenvalue weighted by Gasteiger charge is -2.32. The highest BCUT2D eigenvalue weighted by Gasteiger charge is 2.27. The molecule has 0 bridgehead atoms. The lowest BCUT2D eigenvalue weighted by molar-refractivity contribution is -0.134. The van der Waals surface area contributed by atoms with Crippen molar-refractivity contribution in [3.63, 3.8) is 0 Å². The van der Waals surface area contributed by atoms with Crippen LogP contribution < -0.4 is 9.47 Å². The van der Waals surface area contributed by atoms with E-state index >= 15 is 0 Å². The Hall–Kier alpha value is -2.53. The molecule has 1 fully saturated rings. The topological polar surface area (TPSA) is 48.0 Å². The van der Waals surface area contributed by atoms with E-state index in [1.807, 2.05) is 41.3 Å². The number of hydrogen-bond acceptors (Lipinski definition) is 4. The predicted molar refractivity (Wildman–Crippen MR) is 106 cm³/mol. The van der Waals surface area contributed by atoms with Gasteiger partial charge >= 0.3 is 0 Å². The van der Waals surface area contributed by atoms with Gasteiger partial charge in [0.15, 0.2) is 11.5 Å². The van der Waals surface area contributed by atoms with Crippen LogP contribution in [-0.2, 0) is 16.0 Å². The molecule has 28 heavy (non-hydrogen) atoms. The van der Waals surface area contributed by atoms with Crippen molar-refractivity contribution in [3.8, 4) is 11.5 Å². The first-order valence-electron chi connectivity index (χ1n) is 10.0. The average Bonchev–Trinajstić information content (AvgIpc) is 3.41. The monoisotopic (exact) mass is 381 g/mol. The van der Waals surface area contributed by atoms with Crippen LogP contribution in [-0.4, -0.2) is 37.4 Å². The Labute approximate surface area is 166 Å². The molecule has 4 rings (SSSR count). The highest BCUT2D eigenvalue weighted by molar-refractivity contribution is 5.77. The minimum atomic E-state index is 0.0473. The first-order valence-corrected chi connectivity index (χ1v) is 10.0. The molecule has 2 heterocycles. The van der Waals surface area contributed by atoms with Gasteiger partial charge in [-0.25, -0.2) is 0 Å². The molecule has 0 saturated carbocycles.